The first-order valence-electron chi connectivity index (χ1n) is 6.04. The van der Waals surface area contributed by atoms with Gasteiger partial charge in [-0.3, -0.25) is 0 Å². The Bertz CT molecular complexity index is 384. The van der Waals surface area contributed by atoms with Crippen molar-refractivity contribution < 1.29 is 0 Å². The van der Waals surface area contributed by atoms with Crippen LogP contribution in [0.4, 0.5) is 11.4 Å². The molecule has 1 aliphatic rings. The molecule has 1 aromatic rings. The van der Waals surface area contributed by atoms with Crippen LogP contribution in [0.3, 0.4) is 0 Å². The summed E-state index contributed by atoms with van der Waals surface area (Å²) in [5, 5.41) is 0.758. The molecule has 17 heavy (non-hydrogen) atoms. The zero-order valence-corrected chi connectivity index (χ0v) is 11.2. The van der Waals surface area contributed by atoms with Crippen LogP contribution in [-0.4, -0.2) is 38.1 Å². The van der Waals surface area contributed by atoms with Gasteiger partial charge in [-0.2, -0.15) is 0 Å². The van der Waals surface area contributed by atoms with Crippen LogP contribution < -0.4 is 10.6 Å². The summed E-state index contributed by atoms with van der Waals surface area (Å²) in [6.45, 7) is 2.12. The lowest BCUT2D eigenvalue weighted by Gasteiger charge is -2.36. The number of nitrogens with two attached hydrogens (primary N) is 1. The molecule has 0 bridgehead atoms. The van der Waals surface area contributed by atoms with E-state index in [-0.39, 0.29) is 0 Å². The van der Waals surface area contributed by atoms with Crippen molar-refractivity contribution in [3.05, 3.63) is 23.2 Å². The molecule has 0 spiro atoms. The standard InChI is InChI=1S/C13H20ClN3/c1-16(2)11-5-7-17(8-6-11)13-4-3-10(15)9-12(13)14/h3-4,9,11H,5-8,15H2,1-2H3. The summed E-state index contributed by atoms with van der Waals surface area (Å²) in [6.07, 6.45) is 2.38. The van der Waals surface area contributed by atoms with Crippen LogP contribution in [-0.2, 0) is 0 Å². The second-order valence-electron chi connectivity index (χ2n) is 4.89. The number of halogens is 1. The maximum Gasteiger partial charge on any atom is 0.0660 e. The molecular formula is C13H20ClN3. The molecule has 2 rings (SSSR count). The molecule has 1 heterocycles. The minimum atomic E-state index is 0.693. The zero-order valence-electron chi connectivity index (χ0n) is 10.5. The Balaban J connectivity index is 2.05. The number of nitrogens with zero attached hydrogens (tertiary/aromatic N) is 2. The van der Waals surface area contributed by atoms with Crippen molar-refractivity contribution >= 4 is 23.0 Å². The number of rotatable bonds is 2. The minimum Gasteiger partial charge on any atom is -0.399 e. The van der Waals surface area contributed by atoms with Crippen LogP contribution in [0.2, 0.25) is 5.02 Å². The van der Waals surface area contributed by atoms with E-state index < -0.39 is 0 Å². The van der Waals surface area contributed by atoms with Crippen LogP contribution in [0.15, 0.2) is 18.2 Å². The highest BCUT2D eigenvalue weighted by Gasteiger charge is 2.21. The zero-order chi connectivity index (χ0) is 12.4. The van der Waals surface area contributed by atoms with E-state index in [0.29, 0.717) is 6.04 Å². The molecule has 4 heteroatoms. The summed E-state index contributed by atoms with van der Waals surface area (Å²) < 4.78 is 0. The summed E-state index contributed by atoms with van der Waals surface area (Å²) in [5.41, 5.74) is 7.54. The lowest BCUT2D eigenvalue weighted by molar-refractivity contribution is 0.249. The van der Waals surface area contributed by atoms with E-state index in [9.17, 15) is 0 Å². The van der Waals surface area contributed by atoms with Crippen molar-refractivity contribution in [2.75, 3.05) is 37.8 Å². The van der Waals surface area contributed by atoms with Gasteiger partial charge in [0, 0.05) is 24.8 Å². The average molecular weight is 254 g/mol. The highest BCUT2D eigenvalue weighted by molar-refractivity contribution is 6.33. The molecule has 0 atom stereocenters. The van der Waals surface area contributed by atoms with Gasteiger partial charge in [0.1, 0.15) is 0 Å². The van der Waals surface area contributed by atoms with Crippen molar-refractivity contribution in [2.24, 2.45) is 0 Å². The molecule has 0 amide bonds. The molecule has 0 unspecified atom stereocenters. The Kier molecular flexibility index (Phi) is 3.79. The third-order valence-electron chi connectivity index (χ3n) is 3.51. The largest absolute Gasteiger partial charge is 0.399 e. The van der Waals surface area contributed by atoms with Crippen LogP contribution in [0.5, 0.6) is 0 Å². The molecule has 0 radical (unpaired) electrons. The number of nitrogen functional groups attached to an aromatic ring is 1. The van der Waals surface area contributed by atoms with Crippen molar-refractivity contribution in [1.82, 2.24) is 4.90 Å². The van der Waals surface area contributed by atoms with Crippen LogP contribution >= 0.6 is 11.6 Å². The Morgan fingerprint density at radius 2 is 1.94 bits per heavy atom. The van der Waals surface area contributed by atoms with E-state index in [1.807, 2.05) is 18.2 Å². The van der Waals surface area contributed by atoms with Crippen molar-refractivity contribution in [3.8, 4) is 0 Å². The highest BCUT2D eigenvalue weighted by atomic mass is 35.5. The monoisotopic (exact) mass is 253 g/mol. The number of hydrogen-bond acceptors (Lipinski definition) is 3. The Morgan fingerprint density at radius 3 is 2.47 bits per heavy atom. The third kappa shape index (κ3) is 2.85. The Labute approximate surface area is 108 Å². The highest BCUT2D eigenvalue weighted by Crippen LogP contribution is 2.30. The van der Waals surface area contributed by atoms with E-state index in [0.717, 1.165) is 29.5 Å². The fraction of sp³-hybridized carbons (Fsp3) is 0.538. The Morgan fingerprint density at radius 1 is 1.29 bits per heavy atom. The van der Waals surface area contributed by atoms with Gasteiger partial charge in [0.05, 0.1) is 10.7 Å². The third-order valence-corrected chi connectivity index (χ3v) is 3.81. The second kappa shape index (κ2) is 5.15. The van der Waals surface area contributed by atoms with Gasteiger partial charge >= 0.3 is 0 Å². The first-order chi connectivity index (χ1) is 8.08. The summed E-state index contributed by atoms with van der Waals surface area (Å²) in [6, 6.07) is 6.46. The van der Waals surface area contributed by atoms with Crippen molar-refractivity contribution in [1.29, 1.82) is 0 Å². The minimum absolute atomic E-state index is 0.693. The van der Waals surface area contributed by atoms with Crippen molar-refractivity contribution in [3.63, 3.8) is 0 Å². The van der Waals surface area contributed by atoms with Gasteiger partial charge in [-0.1, -0.05) is 11.6 Å². The van der Waals surface area contributed by atoms with E-state index in [4.69, 9.17) is 17.3 Å². The van der Waals surface area contributed by atoms with Crippen LogP contribution in [0, 0.1) is 0 Å². The van der Waals surface area contributed by atoms with Gasteiger partial charge in [-0.25, -0.2) is 0 Å². The molecule has 0 aliphatic carbocycles. The van der Waals surface area contributed by atoms with Gasteiger partial charge in [0.25, 0.3) is 0 Å². The average Bonchev–Trinajstić information content (AvgIpc) is 2.29. The fourth-order valence-corrected chi connectivity index (χ4v) is 2.71. The molecular weight excluding hydrogens is 234 g/mol. The van der Waals surface area contributed by atoms with Gasteiger partial charge in [0.15, 0.2) is 0 Å². The number of benzene rings is 1. The molecule has 1 aromatic carbocycles. The molecule has 3 nitrogen and oxygen atoms in total. The predicted molar refractivity (Wildman–Crippen MR) is 74.8 cm³/mol. The van der Waals surface area contributed by atoms with Gasteiger partial charge < -0.3 is 15.5 Å². The first-order valence-corrected chi connectivity index (χ1v) is 6.42. The molecule has 0 aromatic heterocycles. The molecule has 2 N–H and O–H groups in total. The summed E-state index contributed by atoms with van der Waals surface area (Å²) in [5.74, 6) is 0. The Hall–Kier alpha value is -0.930. The molecule has 1 saturated heterocycles. The van der Waals surface area contributed by atoms with Gasteiger partial charge in [-0.05, 0) is 45.1 Å². The summed E-state index contributed by atoms with van der Waals surface area (Å²) in [7, 11) is 4.30. The van der Waals surface area contributed by atoms with E-state index in [1.54, 1.807) is 0 Å². The van der Waals surface area contributed by atoms with E-state index >= 15 is 0 Å². The smallest absolute Gasteiger partial charge is 0.0660 e. The SMILES string of the molecule is CN(C)C1CCN(c2ccc(N)cc2Cl)CC1. The quantitative estimate of drug-likeness (QED) is 0.822. The van der Waals surface area contributed by atoms with E-state index in [2.05, 4.69) is 23.9 Å². The summed E-state index contributed by atoms with van der Waals surface area (Å²) in [4.78, 5) is 4.66. The van der Waals surface area contributed by atoms with Crippen LogP contribution in [0.1, 0.15) is 12.8 Å². The molecule has 0 saturated carbocycles. The lowest BCUT2D eigenvalue weighted by Crippen LogP contribution is -2.42. The fourth-order valence-electron chi connectivity index (χ4n) is 2.40. The lowest BCUT2D eigenvalue weighted by atomic mass is 10.0. The normalized spacial score (nSPS) is 17.8. The predicted octanol–water partition coefficient (Wildman–Crippen LogP) is 2.45. The number of anilines is 2. The van der Waals surface area contributed by atoms with Crippen molar-refractivity contribution in [2.45, 2.75) is 18.9 Å². The van der Waals surface area contributed by atoms with Gasteiger partial charge in [-0.15, -0.1) is 0 Å². The summed E-state index contributed by atoms with van der Waals surface area (Å²) >= 11 is 6.23. The molecule has 1 fully saturated rings. The maximum absolute atomic E-state index is 6.23. The molecule has 94 valence electrons. The second-order valence-corrected chi connectivity index (χ2v) is 5.30. The first kappa shape index (κ1) is 12.5. The van der Waals surface area contributed by atoms with Crippen LogP contribution in [0.25, 0.3) is 0 Å². The number of hydrogen-bond donors (Lipinski definition) is 1. The molecule has 1 aliphatic heterocycles. The maximum atomic E-state index is 6.23. The van der Waals surface area contributed by atoms with Gasteiger partial charge in [0.2, 0.25) is 0 Å². The topological polar surface area (TPSA) is 32.5 Å². The van der Waals surface area contributed by atoms with E-state index in [1.165, 1.54) is 12.8 Å². The number of piperidine rings is 1.